The molecule has 0 saturated carbocycles. The molecule has 1 atom stereocenters. The fourth-order valence-electron chi connectivity index (χ4n) is 2.34. The zero-order valence-electron chi connectivity index (χ0n) is 10.7. The van der Waals surface area contributed by atoms with Crippen LogP contribution in [0.2, 0.25) is 0 Å². The number of aromatic amines is 1. The van der Waals surface area contributed by atoms with E-state index in [-0.39, 0.29) is 5.91 Å². The van der Waals surface area contributed by atoms with Gasteiger partial charge in [0.2, 0.25) is 5.91 Å². The lowest BCUT2D eigenvalue weighted by atomic mass is 10.1. The van der Waals surface area contributed by atoms with Gasteiger partial charge in [0.05, 0.1) is 6.20 Å². The molecule has 5 nitrogen and oxygen atoms in total. The van der Waals surface area contributed by atoms with Crippen LogP contribution in [0.5, 0.6) is 0 Å². The van der Waals surface area contributed by atoms with Gasteiger partial charge in [-0.25, -0.2) is 0 Å². The number of nitrogens with zero attached hydrogens (tertiary/aromatic N) is 1. The molecule has 0 aliphatic carbocycles. The van der Waals surface area contributed by atoms with Crippen molar-refractivity contribution in [2.24, 2.45) is 0 Å². The van der Waals surface area contributed by atoms with E-state index in [2.05, 4.69) is 20.8 Å². The van der Waals surface area contributed by atoms with Crippen LogP contribution in [0.25, 0.3) is 0 Å². The summed E-state index contributed by atoms with van der Waals surface area (Å²) in [4.78, 5) is 11.6. The second kappa shape index (κ2) is 7.16. The van der Waals surface area contributed by atoms with Crippen LogP contribution >= 0.6 is 0 Å². The van der Waals surface area contributed by atoms with E-state index in [1.807, 2.05) is 12.4 Å². The molecule has 0 spiro atoms. The summed E-state index contributed by atoms with van der Waals surface area (Å²) in [5, 5.41) is 13.1. The van der Waals surface area contributed by atoms with Crippen molar-refractivity contribution < 1.29 is 4.79 Å². The van der Waals surface area contributed by atoms with Crippen molar-refractivity contribution in [1.82, 2.24) is 20.8 Å². The first-order valence-corrected chi connectivity index (χ1v) is 6.82. The smallest absolute Gasteiger partial charge is 0.220 e. The summed E-state index contributed by atoms with van der Waals surface area (Å²) < 4.78 is 0. The molecule has 100 valence electrons. The minimum Gasteiger partial charge on any atom is -0.356 e. The van der Waals surface area contributed by atoms with Crippen LogP contribution in [0.4, 0.5) is 0 Å². The van der Waals surface area contributed by atoms with Gasteiger partial charge in [-0.3, -0.25) is 9.89 Å². The number of carbonyl (C=O) groups is 1. The molecule has 3 N–H and O–H groups in total. The van der Waals surface area contributed by atoms with Crippen molar-refractivity contribution in [3.8, 4) is 0 Å². The molecule has 0 unspecified atom stereocenters. The van der Waals surface area contributed by atoms with Crippen molar-refractivity contribution in [2.75, 3.05) is 13.1 Å². The van der Waals surface area contributed by atoms with Crippen LogP contribution in [-0.4, -0.2) is 35.2 Å². The molecule has 1 fully saturated rings. The van der Waals surface area contributed by atoms with Crippen LogP contribution in [-0.2, 0) is 11.2 Å². The van der Waals surface area contributed by atoms with E-state index >= 15 is 0 Å². The fourth-order valence-corrected chi connectivity index (χ4v) is 2.34. The summed E-state index contributed by atoms with van der Waals surface area (Å²) in [5.74, 6) is 0.163. The molecule has 5 heteroatoms. The van der Waals surface area contributed by atoms with Crippen LogP contribution in [0.15, 0.2) is 12.4 Å². The highest BCUT2D eigenvalue weighted by Gasteiger charge is 2.13. The largest absolute Gasteiger partial charge is 0.356 e. The average Bonchev–Trinajstić information content (AvgIpc) is 3.01. The summed E-state index contributed by atoms with van der Waals surface area (Å²) in [6.45, 7) is 1.92. The molecule has 0 radical (unpaired) electrons. The number of hydrogen-bond acceptors (Lipinski definition) is 3. The predicted octanol–water partition coefficient (Wildman–Crippen LogP) is 0.991. The van der Waals surface area contributed by atoms with E-state index in [0.29, 0.717) is 12.5 Å². The molecule has 2 rings (SSSR count). The van der Waals surface area contributed by atoms with Gasteiger partial charge in [-0.15, -0.1) is 0 Å². The van der Waals surface area contributed by atoms with Crippen LogP contribution in [0.1, 0.15) is 37.7 Å². The zero-order valence-corrected chi connectivity index (χ0v) is 10.7. The van der Waals surface area contributed by atoms with Crippen LogP contribution in [0, 0.1) is 0 Å². The highest BCUT2D eigenvalue weighted by Crippen LogP contribution is 2.07. The molecule has 1 aliphatic heterocycles. The molecular formula is C13H22N4O. The summed E-state index contributed by atoms with van der Waals surface area (Å²) in [6, 6.07) is 0.608. The Morgan fingerprint density at radius 1 is 1.56 bits per heavy atom. The van der Waals surface area contributed by atoms with Gasteiger partial charge < -0.3 is 10.6 Å². The van der Waals surface area contributed by atoms with Gasteiger partial charge in [0.1, 0.15) is 0 Å². The lowest BCUT2D eigenvalue weighted by Gasteiger charge is -2.10. The molecule has 1 amide bonds. The van der Waals surface area contributed by atoms with Gasteiger partial charge in [-0.2, -0.15) is 5.10 Å². The number of nitrogens with one attached hydrogen (secondary N) is 3. The third-order valence-electron chi connectivity index (χ3n) is 3.40. The van der Waals surface area contributed by atoms with E-state index in [4.69, 9.17) is 0 Å². The zero-order chi connectivity index (χ0) is 12.6. The number of amides is 1. The minimum atomic E-state index is 0.163. The Morgan fingerprint density at radius 3 is 3.22 bits per heavy atom. The highest BCUT2D eigenvalue weighted by molar-refractivity contribution is 5.75. The molecule has 0 bridgehead atoms. The topological polar surface area (TPSA) is 69.8 Å². The van der Waals surface area contributed by atoms with E-state index in [1.54, 1.807) is 0 Å². The van der Waals surface area contributed by atoms with E-state index in [1.165, 1.54) is 12.8 Å². The average molecular weight is 250 g/mol. The normalized spacial score (nSPS) is 19.0. The summed E-state index contributed by atoms with van der Waals surface area (Å²) in [5.41, 5.74) is 1.16. The Morgan fingerprint density at radius 2 is 2.50 bits per heavy atom. The molecule has 1 saturated heterocycles. The van der Waals surface area contributed by atoms with Gasteiger partial charge >= 0.3 is 0 Å². The maximum atomic E-state index is 11.6. The Hall–Kier alpha value is -1.36. The molecule has 2 heterocycles. The molecule has 1 aromatic rings. The maximum absolute atomic E-state index is 11.6. The van der Waals surface area contributed by atoms with Crippen molar-refractivity contribution >= 4 is 5.91 Å². The Labute approximate surface area is 108 Å². The van der Waals surface area contributed by atoms with Gasteiger partial charge in [0.15, 0.2) is 0 Å². The van der Waals surface area contributed by atoms with Crippen molar-refractivity contribution in [3.05, 3.63) is 18.0 Å². The van der Waals surface area contributed by atoms with Crippen molar-refractivity contribution in [1.29, 1.82) is 0 Å². The number of H-pyrrole nitrogens is 1. The van der Waals surface area contributed by atoms with E-state index < -0.39 is 0 Å². The molecule has 0 aromatic carbocycles. The molecule has 1 aromatic heterocycles. The van der Waals surface area contributed by atoms with E-state index in [0.717, 1.165) is 37.9 Å². The fraction of sp³-hybridized carbons (Fsp3) is 0.692. The first-order chi connectivity index (χ1) is 8.84. The van der Waals surface area contributed by atoms with Gasteiger partial charge in [-0.1, -0.05) is 0 Å². The lowest BCUT2D eigenvalue weighted by molar-refractivity contribution is -0.121. The molecule has 18 heavy (non-hydrogen) atoms. The highest BCUT2D eigenvalue weighted by atomic mass is 16.1. The van der Waals surface area contributed by atoms with Gasteiger partial charge in [0.25, 0.3) is 0 Å². The maximum Gasteiger partial charge on any atom is 0.220 e. The standard InChI is InChI=1S/C13H22N4O/c18-13(5-1-3-11-9-16-17-10-11)15-8-6-12-4-2-7-14-12/h9-10,12,14H,1-8H2,(H,15,18)(H,16,17)/t12-/m0/s1. The lowest BCUT2D eigenvalue weighted by Crippen LogP contribution is -2.30. The first kappa shape index (κ1) is 13.1. The summed E-state index contributed by atoms with van der Waals surface area (Å²) in [7, 11) is 0. The summed E-state index contributed by atoms with van der Waals surface area (Å²) in [6.07, 6.45) is 9.64. The van der Waals surface area contributed by atoms with E-state index in [9.17, 15) is 4.79 Å². The number of carbonyl (C=O) groups excluding carboxylic acids is 1. The van der Waals surface area contributed by atoms with Crippen molar-refractivity contribution in [2.45, 2.75) is 44.6 Å². The number of aryl methyl sites for hydroxylation is 1. The molecular weight excluding hydrogens is 228 g/mol. The quantitative estimate of drug-likeness (QED) is 0.676. The summed E-state index contributed by atoms with van der Waals surface area (Å²) >= 11 is 0. The van der Waals surface area contributed by atoms with Crippen LogP contribution < -0.4 is 10.6 Å². The SMILES string of the molecule is O=C(CCCc1cn[nH]c1)NCC[C@@H]1CCCN1. The Bertz CT molecular complexity index is 344. The number of rotatable bonds is 7. The predicted molar refractivity (Wildman–Crippen MR) is 70.2 cm³/mol. The minimum absolute atomic E-state index is 0.163. The third kappa shape index (κ3) is 4.49. The Kier molecular flexibility index (Phi) is 5.20. The van der Waals surface area contributed by atoms with Crippen LogP contribution in [0.3, 0.4) is 0 Å². The molecule has 1 aliphatic rings. The second-order valence-electron chi connectivity index (χ2n) is 4.89. The first-order valence-electron chi connectivity index (χ1n) is 6.82. The third-order valence-corrected chi connectivity index (χ3v) is 3.40. The van der Waals surface area contributed by atoms with Gasteiger partial charge in [-0.05, 0) is 44.2 Å². The number of aromatic nitrogens is 2. The van der Waals surface area contributed by atoms with Gasteiger partial charge in [0, 0.05) is 25.2 Å². The number of hydrogen-bond donors (Lipinski definition) is 3. The second-order valence-corrected chi connectivity index (χ2v) is 4.89. The monoisotopic (exact) mass is 250 g/mol. The Balaban J connectivity index is 1.49. The van der Waals surface area contributed by atoms with Crippen molar-refractivity contribution in [3.63, 3.8) is 0 Å².